The molecule has 1 N–H and O–H groups in total. The van der Waals surface area contributed by atoms with Crippen LogP contribution in [0.15, 0.2) is 71.6 Å². The van der Waals surface area contributed by atoms with E-state index in [2.05, 4.69) is 17.1 Å². The minimum atomic E-state index is -3.76. The molecule has 7 nitrogen and oxygen atoms in total. The molecule has 0 aliphatic carbocycles. The standard InChI is InChI=1S/C29H35N3O4S/c1-4-5-8-23-12-15-25(16-13-23)30-29(33)24-14-11-22(2)28(21-24)37(34,35)32-19-17-31(18-20-32)26-9-6-7-10-27(26)36-3/h6-7,9-16,21H,4-5,8,17-20H2,1-3H3,(H,30,33). The van der Waals surface area contributed by atoms with Gasteiger partial charge in [-0.1, -0.05) is 43.7 Å². The number of nitrogens with one attached hydrogen (secondary N) is 1. The molecule has 0 unspecified atom stereocenters. The summed E-state index contributed by atoms with van der Waals surface area (Å²) in [5.41, 5.74) is 3.79. The molecule has 1 aliphatic rings. The first-order valence-corrected chi connectivity index (χ1v) is 14.2. The van der Waals surface area contributed by atoms with Gasteiger partial charge < -0.3 is 15.0 Å². The van der Waals surface area contributed by atoms with Gasteiger partial charge in [0.25, 0.3) is 5.91 Å². The molecule has 196 valence electrons. The van der Waals surface area contributed by atoms with E-state index in [4.69, 9.17) is 4.74 Å². The molecular formula is C29H35N3O4S. The number of hydrogen-bond acceptors (Lipinski definition) is 5. The van der Waals surface area contributed by atoms with Gasteiger partial charge in [-0.2, -0.15) is 4.31 Å². The maximum absolute atomic E-state index is 13.6. The summed E-state index contributed by atoms with van der Waals surface area (Å²) in [6.07, 6.45) is 3.27. The Morgan fingerprint density at radius 1 is 0.973 bits per heavy atom. The van der Waals surface area contributed by atoms with Gasteiger partial charge in [0.2, 0.25) is 10.0 Å². The average molecular weight is 522 g/mol. The molecule has 1 amide bonds. The highest BCUT2D eigenvalue weighted by Crippen LogP contribution is 2.30. The molecule has 4 rings (SSSR count). The lowest BCUT2D eigenvalue weighted by molar-refractivity contribution is 0.102. The van der Waals surface area contributed by atoms with Gasteiger partial charge in [0.1, 0.15) is 5.75 Å². The fourth-order valence-corrected chi connectivity index (χ4v) is 6.23. The Morgan fingerprint density at radius 3 is 2.35 bits per heavy atom. The van der Waals surface area contributed by atoms with Gasteiger partial charge in [0.15, 0.2) is 0 Å². The summed E-state index contributed by atoms with van der Waals surface area (Å²) in [5, 5.41) is 2.89. The zero-order chi connectivity index (χ0) is 26.4. The van der Waals surface area contributed by atoms with Crippen LogP contribution in [0.2, 0.25) is 0 Å². The van der Waals surface area contributed by atoms with E-state index in [0.717, 1.165) is 30.7 Å². The van der Waals surface area contributed by atoms with E-state index in [-0.39, 0.29) is 10.8 Å². The van der Waals surface area contributed by atoms with Crippen LogP contribution in [0.1, 0.15) is 41.3 Å². The molecule has 0 bridgehead atoms. The fraction of sp³-hybridized carbons (Fsp3) is 0.345. The number of anilines is 2. The van der Waals surface area contributed by atoms with E-state index >= 15 is 0 Å². The second-order valence-electron chi connectivity index (χ2n) is 9.30. The Balaban J connectivity index is 1.46. The van der Waals surface area contributed by atoms with Crippen LogP contribution in [-0.4, -0.2) is 51.9 Å². The van der Waals surface area contributed by atoms with Crippen molar-refractivity contribution in [3.05, 3.63) is 83.4 Å². The first-order valence-electron chi connectivity index (χ1n) is 12.7. The Hall–Kier alpha value is -3.36. The molecule has 1 heterocycles. The number of ether oxygens (including phenoxy) is 1. The van der Waals surface area contributed by atoms with Crippen LogP contribution < -0.4 is 15.0 Å². The lowest BCUT2D eigenvalue weighted by Crippen LogP contribution is -2.48. The van der Waals surface area contributed by atoms with Crippen LogP contribution in [0.3, 0.4) is 0 Å². The summed E-state index contributed by atoms with van der Waals surface area (Å²) in [6.45, 7) is 5.71. The van der Waals surface area contributed by atoms with Crippen molar-refractivity contribution in [3.63, 3.8) is 0 Å². The van der Waals surface area contributed by atoms with Gasteiger partial charge in [-0.05, 0) is 67.3 Å². The Bertz CT molecular complexity index is 1330. The molecule has 37 heavy (non-hydrogen) atoms. The highest BCUT2D eigenvalue weighted by molar-refractivity contribution is 7.89. The van der Waals surface area contributed by atoms with Crippen LogP contribution in [0.4, 0.5) is 11.4 Å². The van der Waals surface area contributed by atoms with E-state index < -0.39 is 10.0 Å². The number of unbranched alkanes of at least 4 members (excludes halogenated alkanes) is 1. The van der Waals surface area contributed by atoms with E-state index in [9.17, 15) is 13.2 Å². The number of para-hydroxylation sites is 2. The number of aryl methyl sites for hydroxylation is 2. The molecule has 3 aromatic carbocycles. The number of sulfonamides is 1. The minimum Gasteiger partial charge on any atom is -0.495 e. The quantitative estimate of drug-likeness (QED) is 0.423. The summed E-state index contributed by atoms with van der Waals surface area (Å²) < 4.78 is 34.1. The highest BCUT2D eigenvalue weighted by Gasteiger charge is 2.31. The van der Waals surface area contributed by atoms with Crippen molar-refractivity contribution in [3.8, 4) is 5.75 Å². The monoisotopic (exact) mass is 521 g/mol. The molecule has 1 aliphatic heterocycles. The minimum absolute atomic E-state index is 0.167. The summed E-state index contributed by atoms with van der Waals surface area (Å²) in [4.78, 5) is 15.3. The number of carbonyl (C=O) groups is 1. The molecule has 1 fully saturated rings. The molecular weight excluding hydrogens is 486 g/mol. The second-order valence-corrected chi connectivity index (χ2v) is 11.2. The number of carbonyl (C=O) groups excluding carboxylic acids is 1. The molecule has 0 spiro atoms. The molecule has 0 radical (unpaired) electrons. The molecule has 1 saturated heterocycles. The van der Waals surface area contributed by atoms with Crippen molar-refractivity contribution in [1.29, 1.82) is 0 Å². The zero-order valence-electron chi connectivity index (χ0n) is 21.7. The van der Waals surface area contributed by atoms with Crippen molar-refractivity contribution >= 4 is 27.3 Å². The first kappa shape index (κ1) is 26.7. The summed E-state index contributed by atoms with van der Waals surface area (Å²) in [7, 11) is -2.13. The van der Waals surface area contributed by atoms with Gasteiger partial charge in [-0.3, -0.25) is 4.79 Å². The molecule has 0 saturated carbocycles. The summed E-state index contributed by atoms with van der Waals surface area (Å²) in [5.74, 6) is 0.433. The van der Waals surface area contributed by atoms with Crippen molar-refractivity contribution in [2.75, 3.05) is 43.5 Å². The van der Waals surface area contributed by atoms with Crippen LogP contribution in [0.25, 0.3) is 0 Å². The van der Waals surface area contributed by atoms with Gasteiger partial charge in [-0.25, -0.2) is 8.42 Å². The molecule has 0 aromatic heterocycles. The zero-order valence-corrected chi connectivity index (χ0v) is 22.6. The number of nitrogens with zero attached hydrogens (tertiary/aromatic N) is 2. The highest BCUT2D eigenvalue weighted by atomic mass is 32.2. The predicted octanol–water partition coefficient (Wildman–Crippen LogP) is 5.11. The van der Waals surface area contributed by atoms with Crippen LogP contribution in [-0.2, 0) is 16.4 Å². The fourth-order valence-electron chi connectivity index (χ4n) is 4.56. The van der Waals surface area contributed by atoms with Crippen LogP contribution in [0.5, 0.6) is 5.75 Å². The average Bonchev–Trinajstić information content (AvgIpc) is 2.92. The number of hydrogen-bond donors (Lipinski definition) is 1. The number of amides is 1. The Morgan fingerprint density at radius 2 is 1.68 bits per heavy atom. The van der Waals surface area contributed by atoms with E-state index in [1.165, 1.54) is 15.9 Å². The Labute approximate surface area is 220 Å². The van der Waals surface area contributed by atoms with E-state index in [0.29, 0.717) is 43.0 Å². The number of methoxy groups -OCH3 is 1. The normalized spacial score (nSPS) is 14.4. The topological polar surface area (TPSA) is 79.0 Å². The maximum Gasteiger partial charge on any atom is 0.255 e. The van der Waals surface area contributed by atoms with Crippen molar-refractivity contribution in [2.24, 2.45) is 0 Å². The second kappa shape index (κ2) is 11.8. The summed E-state index contributed by atoms with van der Waals surface area (Å²) in [6, 6.07) is 20.4. The SMILES string of the molecule is CCCCc1ccc(NC(=O)c2ccc(C)c(S(=O)(=O)N3CCN(c4ccccc4OC)CC3)c2)cc1. The number of piperazine rings is 1. The number of rotatable bonds is 9. The van der Waals surface area contributed by atoms with Gasteiger partial charge >= 0.3 is 0 Å². The lowest BCUT2D eigenvalue weighted by Gasteiger charge is -2.36. The van der Waals surface area contributed by atoms with Crippen molar-refractivity contribution in [2.45, 2.75) is 38.0 Å². The first-order chi connectivity index (χ1) is 17.8. The third-order valence-corrected chi connectivity index (χ3v) is 8.80. The Kier molecular flexibility index (Phi) is 8.51. The smallest absolute Gasteiger partial charge is 0.255 e. The lowest BCUT2D eigenvalue weighted by atomic mass is 10.1. The largest absolute Gasteiger partial charge is 0.495 e. The third kappa shape index (κ3) is 6.14. The van der Waals surface area contributed by atoms with Crippen molar-refractivity contribution in [1.82, 2.24) is 4.31 Å². The van der Waals surface area contributed by atoms with E-state index in [1.807, 2.05) is 48.5 Å². The third-order valence-electron chi connectivity index (χ3n) is 6.76. The maximum atomic E-state index is 13.6. The van der Waals surface area contributed by atoms with Gasteiger partial charge in [0, 0.05) is 37.4 Å². The molecule has 3 aromatic rings. The molecule has 0 atom stereocenters. The van der Waals surface area contributed by atoms with E-state index in [1.54, 1.807) is 26.2 Å². The predicted molar refractivity (Wildman–Crippen MR) is 148 cm³/mol. The van der Waals surface area contributed by atoms with Crippen LogP contribution >= 0.6 is 0 Å². The molecule has 8 heteroatoms. The van der Waals surface area contributed by atoms with Gasteiger partial charge in [0.05, 0.1) is 17.7 Å². The van der Waals surface area contributed by atoms with Crippen molar-refractivity contribution < 1.29 is 17.9 Å². The van der Waals surface area contributed by atoms with Gasteiger partial charge in [-0.15, -0.1) is 0 Å². The number of benzene rings is 3. The summed E-state index contributed by atoms with van der Waals surface area (Å²) >= 11 is 0. The van der Waals surface area contributed by atoms with Crippen LogP contribution in [0, 0.1) is 6.92 Å².